The Balaban J connectivity index is 1.88. The molecular formula is C13H14Cl2N4O. The number of aromatic nitrogens is 2. The Hall–Kier alpha value is -1.72. The summed E-state index contributed by atoms with van der Waals surface area (Å²) in [7, 11) is 0. The smallest absolute Gasteiger partial charge is 0.224 e. The molecule has 0 radical (unpaired) electrons. The molecule has 3 N–H and O–H groups in total. The van der Waals surface area contributed by atoms with Crippen LogP contribution in [0.3, 0.4) is 0 Å². The predicted molar refractivity (Wildman–Crippen MR) is 81.0 cm³/mol. The molecule has 0 fully saturated rings. The molecule has 0 aliphatic carbocycles. The highest BCUT2D eigenvalue weighted by Crippen LogP contribution is 2.32. The number of nitrogens with one attached hydrogen (secondary N) is 1. The van der Waals surface area contributed by atoms with Crippen molar-refractivity contribution in [1.29, 1.82) is 0 Å². The van der Waals surface area contributed by atoms with E-state index in [1.54, 1.807) is 23.0 Å². The van der Waals surface area contributed by atoms with Crippen LogP contribution in [0.2, 0.25) is 10.0 Å². The normalized spacial score (nSPS) is 10.5. The number of nitrogens with two attached hydrogens (primary N) is 1. The lowest BCUT2D eigenvalue weighted by atomic mass is 10.2. The minimum absolute atomic E-state index is 0.147. The number of carbonyl (C=O) groups excluding carboxylic acids is 1. The highest BCUT2D eigenvalue weighted by molar-refractivity contribution is 6.40. The van der Waals surface area contributed by atoms with Crippen molar-refractivity contribution in [2.45, 2.75) is 19.4 Å². The Labute approximate surface area is 126 Å². The van der Waals surface area contributed by atoms with E-state index in [-0.39, 0.29) is 5.91 Å². The van der Waals surface area contributed by atoms with Crippen LogP contribution in [-0.4, -0.2) is 15.7 Å². The Morgan fingerprint density at radius 2 is 2.05 bits per heavy atom. The Kier molecular flexibility index (Phi) is 4.87. The first-order chi connectivity index (χ1) is 9.56. The number of nitrogen functional groups attached to an aromatic ring is 1. The number of hydrogen-bond acceptors (Lipinski definition) is 3. The summed E-state index contributed by atoms with van der Waals surface area (Å²) < 4.78 is 1.77. The molecular weight excluding hydrogens is 299 g/mol. The van der Waals surface area contributed by atoms with Crippen molar-refractivity contribution < 1.29 is 4.79 Å². The largest absolute Gasteiger partial charge is 0.399 e. The van der Waals surface area contributed by atoms with E-state index in [4.69, 9.17) is 28.9 Å². The Morgan fingerprint density at radius 1 is 1.35 bits per heavy atom. The van der Waals surface area contributed by atoms with Gasteiger partial charge in [-0.05, 0) is 24.6 Å². The fourth-order valence-electron chi connectivity index (χ4n) is 1.75. The molecule has 0 spiro atoms. The van der Waals surface area contributed by atoms with E-state index in [0.717, 1.165) is 0 Å². The Bertz CT molecular complexity index is 575. The van der Waals surface area contributed by atoms with Gasteiger partial charge >= 0.3 is 0 Å². The average Bonchev–Trinajstić information content (AvgIpc) is 2.87. The van der Waals surface area contributed by atoms with Crippen molar-refractivity contribution in [2.24, 2.45) is 0 Å². The van der Waals surface area contributed by atoms with Gasteiger partial charge in [0.1, 0.15) is 0 Å². The second-order valence-corrected chi connectivity index (χ2v) is 5.09. The van der Waals surface area contributed by atoms with E-state index >= 15 is 0 Å². The average molecular weight is 313 g/mol. The van der Waals surface area contributed by atoms with E-state index < -0.39 is 0 Å². The molecule has 0 aliphatic heterocycles. The summed E-state index contributed by atoms with van der Waals surface area (Å²) in [6.45, 7) is 0.684. The lowest BCUT2D eigenvalue weighted by Crippen LogP contribution is -2.13. The molecule has 1 aromatic carbocycles. The fraction of sp³-hybridized carbons (Fsp3) is 0.231. The van der Waals surface area contributed by atoms with Gasteiger partial charge in [0.05, 0.1) is 15.7 Å². The first-order valence-corrected chi connectivity index (χ1v) is 6.83. The molecule has 2 aromatic rings. The first-order valence-electron chi connectivity index (χ1n) is 6.08. The number of carbonyl (C=O) groups is 1. The van der Waals surface area contributed by atoms with Crippen molar-refractivity contribution in [1.82, 2.24) is 9.78 Å². The van der Waals surface area contributed by atoms with Crippen LogP contribution in [0, 0.1) is 0 Å². The van der Waals surface area contributed by atoms with E-state index in [2.05, 4.69) is 10.4 Å². The molecule has 0 atom stereocenters. The number of amides is 1. The van der Waals surface area contributed by atoms with Gasteiger partial charge < -0.3 is 11.1 Å². The van der Waals surface area contributed by atoms with Crippen molar-refractivity contribution in [2.75, 3.05) is 11.1 Å². The third-order valence-corrected chi connectivity index (χ3v) is 3.28. The molecule has 0 unspecified atom stereocenters. The third-order valence-electron chi connectivity index (χ3n) is 2.68. The van der Waals surface area contributed by atoms with Crippen molar-refractivity contribution in [3.05, 3.63) is 40.6 Å². The number of nitrogens with zero attached hydrogens (tertiary/aromatic N) is 2. The second-order valence-electron chi connectivity index (χ2n) is 4.28. The first kappa shape index (κ1) is 14.7. The van der Waals surface area contributed by atoms with E-state index in [9.17, 15) is 4.79 Å². The fourth-order valence-corrected chi connectivity index (χ4v) is 2.35. The van der Waals surface area contributed by atoms with Gasteiger partial charge in [0.25, 0.3) is 0 Å². The van der Waals surface area contributed by atoms with E-state index in [1.807, 2.05) is 12.3 Å². The number of halogens is 2. The van der Waals surface area contributed by atoms with Crippen LogP contribution in [0.25, 0.3) is 0 Å². The minimum atomic E-state index is -0.147. The molecule has 2 rings (SSSR count). The maximum absolute atomic E-state index is 11.8. The molecule has 0 aliphatic rings. The van der Waals surface area contributed by atoms with Crippen LogP contribution in [0.15, 0.2) is 30.6 Å². The zero-order valence-electron chi connectivity index (χ0n) is 10.6. The standard InChI is InChI=1S/C13H14Cl2N4O/c14-10-7-9(16)8-11(15)13(10)18-12(20)3-1-5-19-6-2-4-17-19/h2,4,6-8H,1,3,5,16H2,(H,18,20). The van der Waals surface area contributed by atoms with Crippen molar-refractivity contribution in [3.63, 3.8) is 0 Å². The van der Waals surface area contributed by atoms with Gasteiger partial charge in [-0.25, -0.2) is 0 Å². The number of hydrogen-bond donors (Lipinski definition) is 2. The predicted octanol–water partition coefficient (Wildman–Crippen LogP) is 3.19. The zero-order chi connectivity index (χ0) is 14.5. The van der Waals surface area contributed by atoms with Gasteiger partial charge in [0, 0.05) is 31.0 Å². The molecule has 5 nitrogen and oxygen atoms in total. The van der Waals surface area contributed by atoms with Crippen LogP contribution in [-0.2, 0) is 11.3 Å². The van der Waals surface area contributed by atoms with Gasteiger partial charge in [-0.1, -0.05) is 23.2 Å². The summed E-state index contributed by atoms with van der Waals surface area (Å²) in [5.41, 5.74) is 6.45. The number of benzene rings is 1. The summed E-state index contributed by atoms with van der Waals surface area (Å²) >= 11 is 12.0. The highest BCUT2D eigenvalue weighted by Gasteiger charge is 2.10. The maximum atomic E-state index is 11.8. The van der Waals surface area contributed by atoms with Gasteiger partial charge in [0.2, 0.25) is 5.91 Å². The lowest BCUT2D eigenvalue weighted by molar-refractivity contribution is -0.116. The van der Waals surface area contributed by atoms with Gasteiger partial charge in [0.15, 0.2) is 0 Å². The van der Waals surface area contributed by atoms with Gasteiger partial charge in [-0.3, -0.25) is 9.48 Å². The van der Waals surface area contributed by atoms with E-state index in [0.29, 0.717) is 40.8 Å². The highest BCUT2D eigenvalue weighted by atomic mass is 35.5. The number of anilines is 2. The van der Waals surface area contributed by atoms with Crippen LogP contribution in [0.5, 0.6) is 0 Å². The third kappa shape index (κ3) is 3.88. The molecule has 106 valence electrons. The van der Waals surface area contributed by atoms with Crippen LogP contribution < -0.4 is 11.1 Å². The van der Waals surface area contributed by atoms with Crippen molar-refractivity contribution in [3.8, 4) is 0 Å². The summed E-state index contributed by atoms with van der Waals surface area (Å²) in [4.78, 5) is 11.8. The van der Waals surface area contributed by atoms with Crippen molar-refractivity contribution >= 4 is 40.5 Å². The lowest BCUT2D eigenvalue weighted by Gasteiger charge is -2.10. The summed E-state index contributed by atoms with van der Waals surface area (Å²) in [6.07, 6.45) is 4.59. The zero-order valence-corrected chi connectivity index (χ0v) is 12.2. The van der Waals surface area contributed by atoms with Gasteiger partial charge in [-0.15, -0.1) is 0 Å². The molecule has 1 heterocycles. The quantitative estimate of drug-likeness (QED) is 0.833. The van der Waals surface area contributed by atoms with Crippen LogP contribution in [0.1, 0.15) is 12.8 Å². The van der Waals surface area contributed by atoms with Crippen LogP contribution >= 0.6 is 23.2 Å². The SMILES string of the molecule is Nc1cc(Cl)c(NC(=O)CCCn2cccn2)c(Cl)c1. The monoisotopic (exact) mass is 312 g/mol. The number of rotatable bonds is 5. The summed E-state index contributed by atoms with van der Waals surface area (Å²) in [5.74, 6) is -0.147. The number of aryl methyl sites for hydroxylation is 1. The molecule has 0 saturated carbocycles. The molecule has 0 saturated heterocycles. The van der Waals surface area contributed by atoms with E-state index in [1.165, 1.54) is 0 Å². The summed E-state index contributed by atoms with van der Waals surface area (Å²) in [5, 5.41) is 7.42. The second kappa shape index (κ2) is 6.63. The van der Waals surface area contributed by atoms with Crippen LogP contribution in [0.4, 0.5) is 11.4 Å². The Morgan fingerprint density at radius 3 is 2.65 bits per heavy atom. The molecule has 1 amide bonds. The summed E-state index contributed by atoms with van der Waals surface area (Å²) in [6, 6.07) is 4.94. The molecule has 20 heavy (non-hydrogen) atoms. The maximum Gasteiger partial charge on any atom is 0.224 e. The van der Waals surface area contributed by atoms with Gasteiger partial charge in [-0.2, -0.15) is 5.10 Å². The molecule has 0 bridgehead atoms. The molecule has 7 heteroatoms. The minimum Gasteiger partial charge on any atom is -0.399 e. The topological polar surface area (TPSA) is 72.9 Å². The molecule has 1 aromatic heterocycles.